The Kier molecular flexibility index (Phi) is 3.25. The Morgan fingerprint density at radius 3 is 2.81 bits per heavy atom. The first-order valence-corrected chi connectivity index (χ1v) is 7.04. The predicted octanol–water partition coefficient (Wildman–Crippen LogP) is 2.94. The van der Waals surface area contributed by atoms with Gasteiger partial charge in [0.05, 0.1) is 0 Å². The molecule has 0 fully saturated rings. The molecular weight excluding hydrogens is 338 g/mol. The van der Waals surface area contributed by atoms with Crippen molar-refractivity contribution in [1.29, 1.82) is 0 Å². The second-order valence-corrected chi connectivity index (χ2v) is 5.73. The summed E-state index contributed by atoms with van der Waals surface area (Å²) >= 11 is 3.36. The maximum atomic E-state index is 11.8. The zero-order valence-corrected chi connectivity index (χ0v) is 12.4. The second kappa shape index (κ2) is 4.96. The second-order valence-electron chi connectivity index (χ2n) is 4.81. The van der Waals surface area contributed by atoms with E-state index in [9.17, 15) is 15.0 Å². The van der Waals surface area contributed by atoms with Crippen molar-refractivity contribution >= 4 is 27.6 Å². The van der Waals surface area contributed by atoms with Gasteiger partial charge in [0.2, 0.25) is 0 Å². The molecule has 1 heterocycles. The fourth-order valence-corrected chi connectivity index (χ4v) is 2.79. The van der Waals surface area contributed by atoms with E-state index >= 15 is 0 Å². The summed E-state index contributed by atoms with van der Waals surface area (Å²) < 4.78 is 6.29. The fourth-order valence-electron chi connectivity index (χ4n) is 2.39. The number of carbonyl (C=O) groups is 1. The normalized spacial score (nSPS) is 19.7. The van der Waals surface area contributed by atoms with Crippen molar-refractivity contribution < 1.29 is 19.7 Å². The van der Waals surface area contributed by atoms with Crippen molar-refractivity contribution in [3.8, 4) is 11.5 Å². The molecule has 1 unspecified atom stereocenters. The monoisotopic (exact) mass is 349 g/mol. The number of carboxylic acid groups (broad SMARTS) is 1. The largest absolute Gasteiger partial charge is 0.508 e. The summed E-state index contributed by atoms with van der Waals surface area (Å²) in [5, 5.41) is 22.2. The molecule has 2 aromatic rings. The first-order valence-electron chi connectivity index (χ1n) is 6.25. The maximum absolute atomic E-state index is 11.8. The molecule has 0 radical (unpaired) electrons. The van der Waals surface area contributed by atoms with Crippen LogP contribution < -0.4 is 10.1 Å². The van der Waals surface area contributed by atoms with Gasteiger partial charge < -0.3 is 20.3 Å². The molecular formula is C15H12BrNO4. The number of rotatable bonds is 3. The number of phenols is 1. The number of anilines is 1. The van der Waals surface area contributed by atoms with Crippen LogP contribution in [-0.2, 0) is 10.3 Å². The third kappa shape index (κ3) is 2.31. The van der Waals surface area contributed by atoms with Crippen LogP contribution in [0.25, 0.3) is 0 Å². The SMILES string of the molecule is O=C(O)C1(Nc2cccc(Br)c2)COc2cc(O)ccc21. The van der Waals surface area contributed by atoms with Crippen LogP contribution >= 0.6 is 15.9 Å². The number of phenolic OH excluding ortho intramolecular Hbond substituents is 1. The first kappa shape index (κ1) is 13.8. The highest BCUT2D eigenvalue weighted by molar-refractivity contribution is 9.10. The third-order valence-electron chi connectivity index (χ3n) is 3.42. The number of carboxylic acids is 1. The van der Waals surface area contributed by atoms with Gasteiger partial charge in [0, 0.05) is 21.8 Å². The van der Waals surface area contributed by atoms with Crippen molar-refractivity contribution in [3.05, 3.63) is 52.5 Å². The maximum Gasteiger partial charge on any atom is 0.337 e. The highest BCUT2D eigenvalue weighted by atomic mass is 79.9. The minimum absolute atomic E-state index is 0.0393. The van der Waals surface area contributed by atoms with E-state index in [0.717, 1.165) is 4.47 Å². The molecule has 0 aliphatic carbocycles. The Labute approximate surface area is 129 Å². The fraction of sp³-hybridized carbons (Fsp3) is 0.133. The molecule has 2 aromatic carbocycles. The van der Waals surface area contributed by atoms with Gasteiger partial charge in [-0.3, -0.25) is 0 Å². The minimum Gasteiger partial charge on any atom is -0.508 e. The van der Waals surface area contributed by atoms with Crippen molar-refractivity contribution in [1.82, 2.24) is 0 Å². The predicted molar refractivity (Wildman–Crippen MR) is 80.7 cm³/mol. The Morgan fingerprint density at radius 2 is 2.10 bits per heavy atom. The van der Waals surface area contributed by atoms with Gasteiger partial charge in [-0.05, 0) is 30.3 Å². The Hall–Kier alpha value is -2.21. The zero-order valence-electron chi connectivity index (χ0n) is 10.8. The van der Waals surface area contributed by atoms with Crippen LogP contribution in [0.4, 0.5) is 5.69 Å². The van der Waals surface area contributed by atoms with Gasteiger partial charge in [-0.25, -0.2) is 4.79 Å². The molecule has 0 aromatic heterocycles. The number of fused-ring (bicyclic) bond motifs is 1. The zero-order chi connectivity index (χ0) is 15.0. The van der Waals surface area contributed by atoms with E-state index in [1.165, 1.54) is 12.1 Å². The number of benzene rings is 2. The van der Waals surface area contributed by atoms with Gasteiger partial charge in [0.15, 0.2) is 5.54 Å². The molecule has 5 nitrogen and oxygen atoms in total. The van der Waals surface area contributed by atoms with E-state index in [1.54, 1.807) is 18.2 Å². The van der Waals surface area contributed by atoms with E-state index in [2.05, 4.69) is 21.2 Å². The van der Waals surface area contributed by atoms with E-state index in [1.807, 2.05) is 12.1 Å². The van der Waals surface area contributed by atoms with Crippen LogP contribution in [-0.4, -0.2) is 22.8 Å². The summed E-state index contributed by atoms with van der Waals surface area (Å²) in [6.45, 7) is -0.0480. The Bertz CT molecular complexity index is 719. The standard InChI is InChI=1S/C15H12BrNO4/c16-9-2-1-3-10(6-9)17-15(14(19)20)8-21-13-7-11(18)4-5-12(13)15/h1-7,17-18H,8H2,(H,19,20). The smallest absolute Gasteiger partial charge is 0.337 e. The Balaban J connectivity index is 2.06. The number of hydrogen-bond acceptors (Lipinski definition) is 4. The summed E-state index contributed by atoms with van der Waals surface area (Å²) in [5.74, 6) is -0.621. The molecule has 0 saturated carbocycles. The number of hydrogen-bond donors (Lipinski definition) is 3. The number of aliphatic carboxylic acids is 1. The molecule has 0 bridgehead atoms. The van der Waals surface area contributed by atoms with E-state index < -0.39 is 11.5 Å². The van der Waals surface area contributed by atoms with E-state index in [-0.39, 0.29) is 12.4 Å². The van der Waals surface area contributed by atoms with Crippen molar-refractivity contribution in [2.24, 2.45) is 0 Å². The number of nitrogens with one attached hydrogen (secondary N) is 1. The molecule has 3 N–H and O–H groups in total. The summed E-state index contributed by atoms with van der Waals surface area (Å²) in [4.78, 5) is 11.8. The third-order valence-corrected chi connectivity index (χ3v) is 3.91. The summed E-state index contributed by atoms with van der Waals surface area (Å²) in [6.07, 6.45) is 0. The molecule has 1 aliphatic heterocycles. The number of aromatic hydroxyl groups is 1. The van der Waals surface area contributed by atoms with Gasteiger partial charge in [0.25, 0.3) is 0 Å². The topological polar surface area (TPSA) is 78.8 Å². The van der Waals surface area contributed by atoms with Crippen LogP contribution in [0.3, 0.4) is 0 Å². The molecule has 108 valence electrons. The average Bonchev–Trinajstić information content (AvgIpc) is 2.78. The lowest BCUT2D eigenvalue weighted by Gasteiger charge is -2.26. The van der Waals surface area contributed by atoms with Gasteiger partial charge in [-0.1, -0.05) is 22.0 Å². The van der Waals surface area contributed by atoms with Crippen molar-refractivity contribution in [3.63, 3.8) is 0 Å². The lowest BCUT2D eigenvalue weighted by atomic mass is 9.91. The summed E-state index contributed by atoms with van der Waals surface area (Å²) in [7, 11) is 0. The molecule has 21 heavy (non-hydrogen) atoms. The lowest BCUT2D eigenvalue weighted by molar-refractivity contribution is -0.143. The molecule has 1 atom stereocenters. The van der Waals surface area contributed by atoms with Crippen LogP contribution in [0, 0.1) is 0 Å². The van der Waals surface area contributed by atoms with Crippen LogP contribution in [0.1, 0.15) is 5.56 Å². The lowest BCUT2D eigenvalue weighted by Crippen LogP contribution is -2.45. The van der Waals surface area contributed by atoms with E-state index in [0.29, 0.717) is 17.0 Å². The Morgan fingerprint density at radius 1 is 1.29 bits per heavy atom. The summed E-state index contributed by atoms with van der Waals surface area (Å²) in [6, 6.07) is 11.7. The highest BCUT2D eigenvalue weighted by Crippen LogP contribution is 2.41. The van der Waals surface area contributed by atoms with Crippen molar-refractivity contribution in [2.45, 2.75) is 5.54 Å². The number of halogens is 1. The van der Waals surface area contributed by atoms with Crippen molar-refractivity contribution in [2.75, 3.05) is 11.9 Å². The quantitative estimate of drug-likeness (QED) is 0.793. The van der Waals surface area contributed by atoms with Crippen LogP contribution in [0.15, 0.2) is 46.9 Å². The highest BCUT2D eigenvalue weighted by Gasteiger charge is 2.48. The molecule has 1 aliphatic rings. The van der Waals surface area contributed by atoms with Crippen LogP contribution in [0.5, 0.6) is 11.5 Å². The first-order chi connectivity index (χ1) is 10.0. The van der Waals surface area contributed by atoms with Gasteiger partial charge in [0.1, 0.15) is 18.1 Å². The van der Waals surface area contributed by atoms with Crippen LogP contribution in [0.2, 0.25) is 0 Å². The molecule has 6 heteroatoms. The van der Waals surface area contributed by atoms with E-state index in [4.69, 9.17) is 4.74 Å². The van der Waals surface area contributed by atoms with Gasteiger partial charge in [-0.2, -0.15) is 0 Å². The van der Waals surface area contributed by atoms with Gasteiger partial charge in [-0.15, -0.1) is 0 Å². The molecule has 0 saturated heterocycles. The minimum atomic E-state index is -1.37. The van der Waals surface area contributed by atoms with Gasteiger partial charge >= 0.3 is 5.97 Å². The summed E-state index contributed by atoms with van der Waals surface area (Å²) in [5.41, 5.74) is -0.215. The molecule has 3 rings (SSSR count). The average molecular weight is 350 g/mol. The molecule has 0 amide bonds. The molecule has 0 spiro atoms. The number of ether oxygens (including phenoxy) is 1.